The first-order chi connectivity index (χ1) is 7.60. The van der Waals surface area contributed by atoms with E-state index in [0.717, 1.165) is 0 Å². The van der Waals surface area contributed by atoms with Gasteiger partial charge in [-0.05, 0) is 19.4 Å². The van der Waals surface area contributed by atoms with Gasteiger partial charge in [-0.3, -0.25) is 4.79 Å². The number of amides is 1. The number of hydrogen-bond acceptors (Lipinski definition) is 2. The van der Waals surface area contributed by atoms with Crippen LogP contribution in [-0.2, 0) is 4.79 Å². The monoisotopic (exact) mass is 264 g/mol. The second kappa shape index (κ2) is 4.71. The number of carbonyl (C=O) groups is 1. The molecule has 0 aliphatic carbocycles. The third-order valence-corrected chi connectivity index (χ3v) is 2.39. The molecule has 100 valence electrons. The van der Waals surface area contributed by atoms with Crippen LogP contribution in [0.2, 0.25) is 0 Å². The third kappa shape index (κ3) is 4.06. The van der Waals surface area contributed by atoms with E-state index in [0.29, 0.717) is 0 Å². The van der Waals surface area contributed by atoms with E-state index in [1.165, 1.54) is 0 Å². The lowest BCUT2D eigenvalue weighted by atomic mass is 9.99. The van der Waals surface area contributed by atoms with E-state index in [4.69, 9.17) is 0 Å². The Hall–Kier alpha value is -0.990. The summed E-state index contributed by atoms with van der Waals surface area (Å²) in [4.78, 5) is 10.6. The van der Waals surface area contributed by atoms with Crippen molar-refractivity contribution in [1.82, 2.24) is 10.6 Å². The zero-order valence-corrected chi connectivity index (χ0v) is 8.45. The summed E-state index contributed by atoms with van der Waals surface area (Å²) < 4.78 is 72.5. The van der Waals surface area contributed by atoms with Crippen LogP contribution < -0.4 is 10.6 Å². The number of carbonyl (C=O) groups excluding carboxylic acids is 1. The lowest BCUT2D eigenvalue weighted by Crippen LogP contribution is -2.54. The van der Waals surface area contributed by atoms with Crippen LogP contribution in [0.1, 0.15) is 12.8 Å². The first-order valence-corrected chi connectivity index (χ1v) is 4.78. The molecule has 1 heterocycles. The summed E-state index contributed by atoms with van der Waals surface area (Å²) in [5, 5.41) is 3.70. The van der Waals surface area contributed by atoms with Gasteiger partial charge in [-0.15, -0.1) is 0 Å². The van der Waals surface area contributed by atoms with Crippen molar-refractivity contribution < 1.29 is 31.1 Å². The standard InChI is InChI=1S/C8H10F6N2O/c9-7(10,11)5-3-4(1-2-15-5)16-6(17)8(12,13)14/h4-5,15H,1-3H2,(H,16,17). The van der Waals surface area contributed by atoms with E-state index in [9.17, 15) is 31.1 Å². The Morgan fingerprint density at radius 1 is 1.18 bits per heavy atom. The van der Waals surface area contributed by atoms with Crippen molar-refractivity contribution in [3.8, 4) is 0 Å². The van der Waals surface area contributed by atoms with Gasteiger partial charge in [0.1, 0.15) is 6.04 Å². The summed E-state index contributed by atoms with van der Waals surface area (Å²) in [6.45, 7) is -0.0903. The highest BCUT2D eigenvalue weighted by Gasteiger charge is 2.45. The summed E-state index contributed by atoms with van der Waals surface area (Å²) in [6, 6.07) is -2.99. The van der Waals surface area contributed by atoms with E-state index < -0.39 is 36.8 Å². The van der Waals surface area contributed by atoms with Gasteiger partial charge in [-0.2, -0.15) is 26.3 Å². The predicted octanol–water partition coefficient (Wildman–Crippen LogP) is 1.35. The molecule has 2 unspecified atom stereocenters. The molecule has 0 bridgehead atoms. The molecule has 2 N–H and O–H groups in total. The minimum absolute atomic E-state index is 0.0361. The lowest BCUT2D eigenvalue weighted by Gasteiger charge is -2.32. The molecule has 0 radical (unpaired) electrons. The molecule has 1 aliphatic heterocycles. The van der Waals surface area contributed by atoms with Crippen molar-refractivity contribution in [2.75, 3.05) is 6.54 Å². The van der Waals surface area contributed by atoms with Gasteiger partial charge >= 0.3 is 18.3 Å². The van der Waals surface area contributed by atoms with E-state index in [1.807, 2.05) is 0 Å². The normalized spacial score (nSPS) is 26.7. The van der Waals surface area contributed by atoms with Gasteiger partial charge in [0.25, 0.3) is 0 Å². The third-order valence-electron chi connectivity index (χ3n) is 2.39. The van der Waals surface area contributed by atoms with Gasteiger partial charge < -0.3 is 10.6 Å². The molecule has 1 aliphatic rings. The van der Waals surface area contributed by atoms with E-state index in [-0.39, 0.29) is 13.0 Å². The highest BCUT2D eigenvalue weighted by molar-refractivity contribution is 5.81. The van der Waals surface area contributed by atoms with Crippen LogP contribution in [0, 0.1) is 0 Å². The summed E-state index contributed by atoms with van der Waals surface area (Å²) >= 11 is 0. The number of halogens is 6. The van der Waals surface area contributed by atoms with Crippen LogP contribution in [0.15, 0.2) is 0 Å². The maximum atomic E-state index is 12.3. The van der Waals surface area contributed by atoms with Crippen LogP contribution in [0.5, 0.6) is 0 Å². The van der Waals surface area contributed by atoms with Crippen LogP contribution in [0.4, 0.5) is 26.3 Å². The second-order valence-electron chi connectivity index (χ2n) is 3.74. The van der Waals surface area contributed by atoms with Crippen molar-refractivity contribution in [3.05, 3.63) is 0 Å². The quantitative estimate of drug-likeness (QED) is 0.702. The lowest BCUT2D eigenvalue weighted by molar-refractivity contribution is -0.177. The van der Waals surface area contributed by atoms with Gasteiger partial charge in [-0.25, -0.2) is 0 Å². The molecule has 1 fully saturated rings. The summed E-state index contributed by atoms with van der Waals surface area (Å²) in [5.74, 6) is -2.20. The first-order valence-electron chi connectivity index (χ1n) is 4.78. The van der Waals surface area contributed by atoms with Crippen LogP contribution in [0.25, 0.3) is 0 Å². The predicted molar refractivity (Wildman–Crippen MR) is 45.1 cm³/mol. The topological polar surface area (TPSA) is 41.1 Å². The molecular formula is C8H10F6N2O. The number of rotatable bonds is 1. The fourth-order valence-electron chi connectivity index (χ4n) is 1.57. The minimum atomic E-state index is -5.07. The van der Waals surface area contributed by atoms with E-state index >= 15 is 0 Å². The molecular weight excluding hydrogens is 254 g/mol. The number of hydrogen-bond donors (Lipinski definition) is 2. The molecule has 3 nitrogen and oxygen atoms in total. The van der Waals surface area contributed by atoms with Gasteiger partial charge in [0, 0.05) is 6.04 Å². The van der Waals surface area contributed by atoms with Crippen LogP contribution >= 0.6 is 0 Å². The Balaban J connectivity index is 2.54. The van der Waals surface area contributed by atoms with Gasteiger partial charge in [0.2, 0.25) is 0 Å². The molecule has 0 aromatic heterocycles. The van der Waals surface area contributed by atoms with E-state index in [2.05, 4.69) is 5.32 Å². The number of nitrogens with one attached hydrogen (secondary N) is 2. The zero-order chi connectivity index (χ0) is 13.3. The first kappa shape index (κ1) is 14.1. The fourth-order valence-corrected chi connectivity index (χ4v) is 1.57. The largest absolute Gasteiger partial charge is 0.471 e. The Morgan fingerprint density at radius 2 is 1.76 bits per heavy atom. The molecule has 17 heavy (non-hydrogen) atoms. The fraction of sp³-hybridized carbons (Fsp3) is 0.875. The van der Waals surface area contributed by atoms with Crippen molar-refractivity contribution in [2.24, 2.45) is 0 Å². The van der Waals surface area contributed by atoms with Crippen molar-refractivity contribution in [2.45, 2.75) is 37.3 Å². The number of alkyl halides is 6. The second-order valence-corrected chi connectivity index (χ2v) is 3.74. The van der Waals surface area contributed by atoms with Crippen LogP contribution in [0.3, 0.4) is 0 Å². The maximum Gasteiger partial charge on any atom is 0.471 e. The zero-order valence-electron chi connectivity index (χ0n) is 8.45. The molecule has 0 aromatic carbocycles. The molecule has 0 spiro atoms. The molecule has 1 amide bonds. The molecule has 2 atom stereocenters. The minimum Gasteiger partial charge on any atom is -0.345 e. The summed E-state index contributed by atoms with van der Waals surface area (Å²) in [6.07, 6.45) is -10.2. The Morgan fingerprint density at radius 3 is 2.24 bits per heavy atom. The molecule has 1 saturated heterocycles. The summed E-state index contributed by atoms with van der Waals surface area (Å²) in [5.41, 5.74) is 0. The molecule has 0 aromatic rings. The Labute approximate surface area is 92.5 Å². The Bertz CT molecular complexity index is 287. The maximum absolute atomic E-state index is 12.3. The van der Waals surface area contributed by atoms with Gasteiger partial charge in [0.05, 0.1) is 0 Å². The van der Waals surface area contributed by atoms with E-state index in [1.54, 1.807) is 5.32 Å². The highest BCUT2D eigenvalue weighted by Crippen LogP contribution is 2.26. The van der Waals surface area contributed by atoms with Crippen molar-refractivity contribution >= 4 is 5.91 Å². The van der Waals surface area contributed by atoms with Crippen LogP contribution in [-0.4, -0.2) is 36.9 Å². The SMILES string of the molecule is O=C(NC1CCNC(C(F)(F)F)C1)C(F)(F)F. The average molecular weight is 264 g/mol. The Kier molecular flexibility index (Phi) is 3.90. The van der Waals surface area contributed by atoms with Gasteiger partial charge in [0.15, 0.2) is 0 Å². The van der Waals surface area contributed by atoms with Crippen molar-refractivity contribution in [1.29, 1.82) is 0 Å². The molecule has 9 heteroatoms. The smallest absolute Gasteiger partial charge is 0.345 e. The van der Waals surface area contributed by atoms with Crippen molar-refractivity contribution in [3.63, 3.8) is 0 Å². The molecule has 1 rings (SSSR count). The molecule has 0 saturated carbocycles. The highest BCUT2D eigenvalue weighted by atomic mass is 19.4. The summed E-state index contributed by atoms with van der Waals surface area (Å²) in [7, 11) is 0. The number of piperidine rings is 1. The van der Waals surface area contributed by atoms with Gasteiger partial charge in [-0.1, -0.05) is 0 Å². The average Bonchev–Trinajstić information content (AvgIpc) is 2.15.